The molecule has 2 aromatic rings. The predicted octanol–water partition coefficient (Wildman–Crippen LogP) is 1.05. The largest absolute Gasteiger partial charge is 0.350 e. The minimum atomic E-state index is -0.166. The SMILES string of the molecule is O=C1NCc2cccc(C(=O)N3CCC(Nc4ncccn4)C3)c21. The minimum Gasteiger partial charge on any atom is -0.350 e. The maximum Gasteiger partial charge on any atom is 0.254 e. The van der Waals surface area contributed by atoms with E-state index in [1.807, 2.05) is 12.1 Å². The molecule has 2 aliphatic rings. The Hall–Kier alpha value is -2.96. The Morgan fingerprint density at radius 2 is 2.08 bits per heavy atom. The molecule has 1 aromatic carbocycles. The number of hydrogen-bond donors (Lipinski definition) is 2. The first-order valence-electron chi connectivity index (χ1n) is 7.95. The molecule has 24 heavy (non-hydrogen) atoms. The lowest BCUT2D eigenvalue weighted by molar-refractivity contribution is 0.0785. The number of fused-ring (bicyclic) bond motifs is 1. The highest BCUT2D eigenvalue weighted by Crippen LogP contribution is 2.23. The van der Waals surface area contributed by atoms with Crippen molar-refractivity contribution in [2.24, 2.45) is 0 Å². The van der Waals surface area contributed by atoms with Gasteiger partial charge in [0.15, 0.2) is 0 Å². The number of nitrogens with one attached hydrogen (secondary N) is 2. The van der Waals surface area contributed by atoms with Crippen LogP contribution in [0.3, 0.4) is 0 Å². The van der Waals surface area contributed by atoms with Gasteiger partial charge in [-0.25, -0.2) is 9.97 Å². The van der Waals surface area contributed by atoms with Crippen LogP contribution >= 0.6 is 0 Å². The molecule has 1 unspecified atom stereocenters. The fourth-order valence-corrected chi connectivity index (χ4v) is 3.25. The number of benzene rings is 1. The van der Waals surface area contributed by atoms with Gasteiger partial charge in [-0.1, -0.05) is 12.1 Å². The van der Waals surface area contributed by atoms with E-state index in [0.717, 1.165) is 12.0 Å². The first kappa shape index (κ1) is 14.6. The van der Waals surface area contributed by atoms with Gasteiger partial charge in [0, 0.05) is 38.1 Å². The zero-order chi connectivity index (χ0) is 16.5. The lowest BCUT2D eigenvalue weighted by Gasteiger charge is -2.18. The molecule has 7 nitrogen and oxygen atoms in total. The van der Waals surface area contributed by atoms with Crippen LogP contribution in [0.25, 0.3) is 0 Å². The summed E-state index contributed by atoms with van der Waals surface area (Å²) in [5.41, 5.74) is 1.89. The molecule has 1 fully saturated rings. The third-order valence-electron chi connectivity index (χ3n) is 4.42. The first-order valence-corrected chi connectivity index (χ1v) is 7.95. The van der Waals surface area contributed by atoms with Gasteiger partial charge in [0.25, 0.3) is 11.8 Å². The van der Waals surface area contributed by atoms with Gasteiger partial charge in [0.1, 0.15) is 0 Å². The summed E-state index contributed by atoms with van der Waals surface area (Å²) in [7, 11) is 0. The highest BCUT2D eigenvalue weighted by Gasteiger charge is 2.31. The molecule has 2 aliphatic heterocycles. The van der Waals surface area contributed by atoms with Crippen LogP contribution in [0, 0.1) is 0 Å². The Morgan fingerprint density at radius 1 is 1.25 bits per heavy atom. The number of carbonyl (C=O) groups excluding carboxylic acids is 2. The highest BCUT2D eigenvalue weighted by molar-refractivity contribution is 6.09. The normalized spacial score (nSPS) is 19.1. The van der Waals surface area contributed by atoms with E-state index in [9.17, 15) is 9.59 Å². The average molecular weight is 323 g/mol. The van der Waals surface area contributed by atoms with E-state index in [-0.39, 0.29) is 17.9 Å². The molecule has 0 radical (unpaired) electrons. The summed E-state index contributed by atoms with van der Waals surface area (Å²) >= 11 is 0. The van der Waals surface area contributed by atoms with Crippen molar-refractivity contribution in [2.45, 2.75) is 19.0 Å². The summed E-state index contributed by atoms with van der Waals surface area (Å²) in [5, 5.41) is 6.02. The molecule has 7 heteroatoms. The number of carbonyl (C=O) groups is 2. The van der Waals surface area contributed by atoms with Crippen LogP contribution < -0.4 is 10.6 Å². The molecule has 2 N–H and O–H groups in total. The number of hydrogen-bond acceptors (Lipinski definition) is 5. The van der Waals surface area contributed by atoms with E-state index in [4.69, 9.17) is 0 Å². The second-order valence-corrected chi connectivity index (χ2v) is 5.98. The van der Waals surface area contributed by atoms with Gasteiger partial charge in [-0.15, -0.1) is 0 Å². The van der Waals surface area contributed by atoms with Gasteiger partial charge >= 0.3 is 0 Å². The molecule has 0 aliphatic carbocycles. The third kappa shape index (κ3) is 2.58. The summed E-state index contributed by atoms with van der Waals surface area (Å²) in [6.07, 6.45) is 4.18. The van der Waals surface area contributed by atoms with Crippen molar-refractivity contribution in [3.05, 3.63) is 53.3 Å². The second kappa shape index (κ2) is 5.92. The van der Waals surface area contributed by atoms with Crippen LogP contribution in [-0.4, -0.2) is 45.8 Å². The topological polar surface area (TPSA) is 87.2 Å². The molecular formula is C17H17N5O2. The Labute approximate surface area is 139 Å². The van der Waals surface area contributed by atoms with Crippen molar-refractivity contribution < 1.29 is 9.59 Å². The Kier molecular flexibility index (Phi) is 3.60. The van der Waals surface area contributed by atoms with Crippen molar-refractivity contribution in [2.75, 3.05) is 18.4 Å². The van der Waals surface area contributed by atoms with Gasteiger partial charge in [-0.3, -0.25) is 9.59 Å². The number of amides is 2. The summed E-state index contributed by atoms with van der Waals surface area (Å²) in [6.45, 7) is 1.71. The predicted molar refractivity (Wildman–Crippen MR) is 87.6 cm³/mol. The fourth-order valence-electron chi connectivity index (χ4n) is 3.25. The Bertz CT molecular complexity index is 793. The van der Waals surface area contributed by atoms with Gasteiger partial charge in [0.05, 0.1) is 11.1 Å². The molecule has 1 saturated heterocycles. The quantitative estimate of drug-likeness (QED) is 0.881. The van der Waals surface area contributed by atoms with Crippen molar-refractivity contribution in [1.29, 1.82) is 0 Å². The van der Waals surface area contributed by atoms with Crippen LogP contribution in [0.4, 0.5) is 5.95 Å². The summed E-state index contributed by atoms with van der Waals surface area (Å²) < 4.78 is 0. The fraction of sp³-hybridized carbons (Fsp3) is 0.294. The lowest BCUT2D eigenvalue weighted by Crippen LogP contribution is -2.33. The number of likely N-dealkylation sites (tertiary alicyclic amines) is 1. The van der Waals surface area contributed by atoms with Crippen LogP contribution in [0.15, 0.2) is 36.7 Å². The van der Waals surface area contributed by atoms with Gasteiger partial charge < -0.3 is 15.5 Å². The first-order chi connectivity index (χ1) is 11.7. The summed E-state index contributed by atoms with van der Waals surface area (Å²) in [6, 6.07) is 7.31. The molecule has 2 amide bonds. The zero-order valence-electron chi connectivity index (χ0n) is 13.0. The summed E-state index contributed by atoms with van der Waals surface area (Å²) in [5.74, 6) is 0.305. The number of aromatic nitrogens is 2. The summed E-state index contributed by atoms with van der Waals surface area (Å²) in [4.78, 5) is 34.9. The number of rotatable bonds is 3. The van der Waals surface area contributed by atoms with E-state index >= 15 is 0 Å². The van der Waals surface area contributed by atoms with Crippen molar-refractivity contribution in [1.82, 2.24) is 20.2 Å². The molecule has 3 heterocycles. The van der Waals surface area contributed by atoms with E-state index in [1.165, 1.54) is 0 Å². The van der Waals surface area contributed by atoms with Crippen LogP contribution in [-0.2, 0) is 6.54 Å². The Balaban J connectivity index is 1.49. The minimum absolute atomic E-state index is 0.0952. The van der Waals surface area contributed by atoms with Crippen molar-refractivity contribution >= 4 is 17.8 Å². The number of nitrogens with zero attached hydrogens (tertiary/aromatic N) is 3. The smallest absolute Gasteiger partial charge is 0.254 e. The van der Waals surface area contributed by atoms with Crippen LogP contribution in [0.5, 0.6) is 0 Å². The van der Waals surface area contributed by atoms with E-state index in [0.29, 0.717) is 36.7 Å². The van der Waals surface area contributed by atoms with Gasteiger partial charge in [-0.05, 0) is 24.1 Å². The number of anilines is 1. The van der Waals surface area contributed by atoms with Crippen LogP contribution in [0.1, 0.15) is 32.7 Å². The highest BCUT2D eigenvalue weighted by atomic mass is 16.2. The maximum absolute atomic E-state index is 12.8. The molecule has 0 bridgehead atoms. The van der Waals surface area contributed by atoms with E-state index < -0.39 is 0 Å². The standard InChI is InChI=1S/C17H17N5O2/c23-15-14-11(9-20-15)3-1-4-13(14)16(24)22-8-5-12(10-22)21-17-18-6-2-7-19-17/h1-4,6-7,12H,5,8-10H2,(H,20,23)(H,18,19,21). The lowest BCUT2D eigenvalue weighted by atomic mass is 10.0. The van der Waals surface area contributed by atoms with Crippen molar-refractivity contribution in [3.8, 4) is 0 Å². The second-order valence-electron chi connectivity index (χ2n) is 5.98. The third-order valence-corrected chi connectivity index (χ3v) is 4.42. The maximum atomic E-state index is 12.8. The average Bonchev–Trinajstić information content (AvgIpc) is 3.22. The molecule has 1 atom stereocenters. The molecule has 1 aromatic heterocycles. The molecule has 0 saturated carbocycles. The molecule has 122 valence electrons. The van der Waals surface area contributed by atoms with E-state index in [2.05, 4.69) is 20.6 Å². The van der Waals surface area contributed by atoms with Crippen LogP contribution in [0.2, 0.25) is 0 Å². The van der Waals surface area contributed by atoms with E-state index in [1.54, 1.807) is 29.4 Å². The molecular weight excluding hydrogens is 306 g/mol. The van der Waals surface area contributed by atoms with Gasteiger partial charge in [0.2, 0.25) is 5.95 Å². The molecule has 4 rings (SSSR count). The van der Waals surface area contributed by atoms with Crippen molar-refractivity contribution in [3.63, 3.8) is 0 Å². The van der Waals surface area contributed by atoms with Gasteiger partial charge in [-0.2, -0.15) is 0 Å². The Morgan fingerprint density at radius 3 is 2.92 bits per heavy atom. The molecule has 0 spiro atoms. The monoisotopic (exact) mass is 323 g/mol. The zero-order valence-corrected chi connectivity index (χ0v) is 13.0.